The van der Waals surface area contributed by atoms with Crippen molar-refractivity contribution in [2.75, 3.05) is 0 Å². The first-order chi connectivity index (χ1) is 5.27. The van der Waals surface area contributed by atoms with E-state index in [1.54, 1.807) is 12.8 Å². The summed E-state index contributed by atoms with van der Waals surface area (Å²) in [6, 6.07) is 1.10. The topological polar surface area (TPSA) is 3.24 Å². The molecule has 0 amide bonds. The fraction of sp³-hybridized carbons (Fsp3) is 1.00. The van der Waals surface area contributed by atoms with Crippen LogP contribution >= 0.6 is 0 Å². The van der Waals surface area contributed by atoms with Gasteiger partial charge in [-0.15, -0.1) is 0 Å². The molecule has 1 atom stereocenters. The summed E-state index contributed by atoms with van der Waals surface area (Å²) in [6.07, 6.45) is 6.24. The van der Waals surface area contributed by atoms with E-state index in [0.717, 1.165) is 6.04 Å². The Balaban J connectivity index is 1.69. The summed E-state index contributed by atoms with van der Waals surface area (Å²) in [7, 11) is 3.12. The quantitative estimate of drug-likeness (QED) is 0.492. The van der Waals surface area contributed by atoms with Crippen LogP contribution in [0.1, 0.15) is 25.7 Å². The molecule has 0 aliphatic heterocycles. The third kappa shape index (κ3) is 2.27. The maximum absolute atomic E-state index is 2.87. The Kier molecular flexibility index (Phi) is 2.36. The van der Waals surface area contributed by atoms with E-state index in [4.69, 9.17) is 0 Å². The Hall–Kier alpha value is 0.611. The van der Waals surface area contributed by atoms with Gasteiger partial charge in [0.2, 0.25) is 0 Å². The second kappa shape index (κ2) is 3.16. The highest BCUT2D eigenvalue weighted by atomic mass is 28.3. The third-order valence-electron chi connectivity index (χ3n) is 3.17. The lowest BCUT2D eigenvalue weighted by molar-refractivity contribution is 0.661. The molecule has 0 spiro atoms. The van der Waals surface area contributed by atoms with Crippen molar-refractivity contribution in [1.82, 2.24) is 4.23 Å². The van der Waals surface area contributed by atoms with Crippen LogP contribution in [0.4, 0.5) is 0 Å². The fourth-order valence-corrected chi connectivity index (χ4v) is 11.1. The first kappa shape index (κ1) is 8.22. The molecule has 2 saturated carbocycles. The molecule has 0 aromatic heterocycles. The molecule has 4 heteroatoms. The van der Waals surface area contributed by atoms with Gasteiger partial charge in [0.15, 0.2) is 0 Å². The highest BCUT2D eigenvalue weighted by Crippen LogP contribution is 2.39. The van der Waals surface area contributed by atoms with Crippen molar-refractivity contribution in [2.24, 2.45) is 5.92 Å². The van der Waals surface area contributed by atoms with E-state index < -0.39 is 0 Å². The summed E-state index contributed by atoms with van der Waals surface area (Å²) in [4.78, 5) is 0. The predicted molar refractivity (Wildman–Crippen MR) is 59.8 cm³/mol. The summed E-state index contributed by atoms with van der Waals surface area (Å²) in [5.74, 6) is 1.23. The van der Waals surface area contributed by atoms with E-state index >= 15 is 0 Å². The molecule has 0 N–H and O–H groups in total. The van der Waals surface area contributed by atoms with Gasteiger partial charge < -0.3 is 4.23 Å². The van der Waals surface area contributed by atoms with Gasteiger partial charge >= 0.3 is 0 Å². The lowest BCUT2D eigenvalue weighted by Crippen LogP contribution is -2.31. The molecule has 0 heterocycles. The highest BCUT2D eigenvalue weighted by Gasteiger charge is 2.32. The lowest BCUT2D eigenvalue weighted by Gasteiger charge is -2.20. The zero-order chi connectivity index (χ0) is 7.84. The van der Waals surface area contributed by atoms with Crippen molar-refractivity contribution in [3.63, 3.8) is 0 Å². The maximum Gasteiger partial charge on any atom is 0.0870 e. The minimum atomic E-state index is 0.247. The molecular formula is C7H19NSi3. The van der Waals surface area contributed by atoms with Crippen LogP contribution in [0.3, 0.4) is 0 Å². The van der Waals surface area contributed by atoms with Gasteiger partial charge in [-0.2, -0.15) is 0 Å². The van der Waals surface area contributed by atoms with Gasteiger partial charge in [-0.3, -0.25) is 0 Å². The average molecular weight is 201 g/mol. The summed E-state index contributed by atoms with van der Waals surface area (Å²) in [5, 5.41) is 1.27. The van der Waals surface area contributed by atoms with Crippen LogP contribution in [-0.2, 0) is 0 Å². The molecule has 0 aromatic rings. The van der Waals surface area contributed by atoms with Gasteiger partial charge in [-0.25, -0.2) is 0 Å². The number of rotatable bonds is 4. The van der Waals surface area contributed by atoms with E-state index in [0.29, 0.717) is 0 Å². The third-order valence-corrected chi connectivity index (χ3v) is 9.37. The van der Waals surface area contributed by atoms with Gasteiger partial charge in [-0.05, 0) is 30.0 Å². The second-order valence-electron chi connectivity index (χ2n) is 4.49. The van der Waals surface area contributed by atoms with Gasteiger partial charge in [0.05, 0.1) is 20.1 Å². The standard InChI is InChI=1S/C7H19NSi3/c9-7(5-1-2-5)11-8(10)6-3-4-6/h5-7H,1-4,11H2,9-10H3. The summed E-state index contributed by atoms with van der Waals surface area (Å²) >= 11 is 0. The smallest absolute Gasteiger partial charge is 0.0870 e. The Morgan fingerprint density at radius 3 is 2.36 bits per heavy atom. The Morgan fingerprint density at radius 1 is 1.27 bits per heavy atom. The van der Waals surface area contributed by atoms with E-state index in [9.17, 15) is 0 Å². The molecule has 0 aromatic carbocycles. The van der Waals surface area contributed by atoms with E-state index in [1.165, 1.54) is 44.6 Å². The monoisotopic (exact) mass is 201 g/mol. The van der Waals surface area contributed by atoms with Crippen LogP contribution in [0.25, 0.3) is 0 Å². The van der Waals surface area contributed by atoms with Crippen molar-refractivity contribution in [2.45, 2.75) is 36.9 Å². The molecule has 0 saturated heterocycles. The predicted octanol–water partition coefficient (Wildman–Crippen LogP) is -1.66. The highest BCUT2D eigenvalue weighted by molar-refractivity contribution is 6.53. The van der Waals surface area contributed by atoms with E-state index in [1.807, 2.05) is 0 Å². The Bertz CT molecular complexity index is 129. The second-order valence-corrected chi connectivity index (χ2v) is 12.7. The minimum absolute atomic E-state index is 0.247. The molecule has 64 valence electrons. The van der Waals surface area contributed by atoms with Gasteiger partial charge in [0, 0.05) is 10.2 Å². The zero-order valence-electron chi connectivity index (χ0n) is 7.71. The molecule has 0 bridgehead atoms. The van der Waals surface area contributed by atoms with Crippen LogP contribution in [0.2, 0.25) is 5.16 Å². The van der Waals surface area contributed by atoms with Gasteiger partial charge in [0.25, 0.3) is 0 Å². The number of nitrogens with zero attached hydrogens (tertiary/aromatic N) is 1. The molecule has 0 radical (unpaired) electrons. The SMILES string of the molecule is [SiH3]C([SiH2]N([SiH3])C1CC1)C1CC1. The van der Waals surface area contributed by atoms with E-state index in [-0.39, 0.29) is 9.68 Å². The molecular weight excluding hydrogens is 182 g/mol. The summed E-state index contributed by atoms with van der Waals surface area (Å²) in [6.45, 7) is 0. The first-order valence-corrected chi connectivity index (χ1v) is 8.47. The lowest BCUT2D eigenvalue weighted by atomic mass is 10.5. The van der Waals surface area contributed by atoms with Crippen molar-refractivity contribution in [3.05, 3.63) is 0 Å². The van der Waals surface area contributed by atoms with Crippen LogP contribution in [0, 0.1) is 5.92 Å². The molecule has 2 fully saturated rings. The molecule has 1 unspecified atom stereocenters. The largest absolute Gasteiger partial charge is 0.355 e. The first-order valence-electron chi connectivity index (χ1n) is 4.97. The normalized spacial score (nSPS) is 29.2. The summed E-state index contributed by atoms with van der Waals surface area (Å²) < 4.78 is 2.87. The number of hydrogen-bond acceptors (Lipinski definition) is 1. The zero-order valence-corrected chi connectivity index (χ0v) is 13.1. The van der Waals surface area contributed by atoms with E-state index in [2.05, 4.69) is 4.23 Å². The Morgan fingerprint density at radius 2 is 1.91 bits per heavy atom. The van der Waals surface area contributed by atoms with Crippen molar-refractivity contribution >= 4 is 30.3 Å². The van der Waals surface area contributed by atoms with Crippen LogP contribution in [0.15, 0.2) is 0 Å². The molecule has 2 rings (SSSR count). The molecule has 2 aliphatic carbocycles. The Labute approximate surface area is 77.8 Å². The fourth-order valence-electron chi connectivity index (χ4n) is 1.93. The summed E-state index contributed by atoms with van der Waals surface area (Å²) in [5.41, 5.74) is 0. The van der Waals surface area contributed by atoms with Gasteiger partial charge in [-0.1, -0.05) is 12.8 Å². The minimum Gasteiger partial charge on any atom is -0.355 e. The van der Waals surface area contributed by atoms with Crippen LogP contribution in [0.5, 0.6) is 0 Å². The van der Waals surface area contributed by atoms with Gasteiger partial charge in [0.1, 0.15) is 0 Å². The van der Waals surface area contributed by atoms with Crippen molar-refractivity contribution < 1.29 is 0 Å². The van der Waals surface area contributed by atoms with Crippen LogP contribution in [-0.4, -0.2) is 40.6 Å². The average Bonchev–Trinajstić information content (AvgIpc) is 2.84. The van der Waals surface area contributed by atoms with Crippen LogP contribution < -0.4 is 0 Å². The maximum atomic E-state index is 2.87. The molecule has 1 nitrogen and oxygen atoms in total. The molecule has 11 heavy (non-hydrogen) atoms. The van der Waals surface area contributed by atoms with Crippen molar-refractivity contribution in [3.8, 4) is 0 Å². The van der Waals surface area contributed by atoms with Crippen molar-refractivity contribution in [1.29, 1.82) is 0 Å². The number of hydrogen-bond donors (Lipinski definition) is 0. The molecule has 2 aliphatic rings.